The van der Waals surface area contributed by atoms with Crippen molar-refractivity contribution in [2.75, 3.05) is 11.9 Å². The van der Waals surface area contributed by atoms with Gasteiger partial charge in [0.05, 0.1) is 19.0 Å². The van der Waals surface area contributed by atoms with Gasteiger partial charge in [-0.2, -0.15) is 0 Å². The molecule has 4 amide bonds. The van der Waals surface area contributed by atoms with E-state index in [0.29, 0.717) is 0 Å². The molecular weight excluding hydrogens is 352 g/mol. The maximum absolute atomic E-state index is 12.1. The Hall–Kier alpha value is -2.87. The van der Waals surface area contributed by atoms with Gasteiger partial charge in [-0.25, -0.2) is 4.79 Å². The van der Waals surface area contributed by atoms with Crippen LogP contribution in [0.3, 0.4) is 0 Å². The van der Waals surface area contributed by atoms with Crippen LogP contribution in [-0.4, -0.2) is 24.4 Å². The van der Waals surface area contributed by atoms with Crippen LogP contribution in [0, 0.1) is 0 Å². The first kappa shape index (κ1) is 19.5. The molecule has 1 heterocycles. The van der Waals surface area contributed by atoms with Crippen LogP contribution < -0.4 is 21.7 Å². The zero-order valence-electron chi connectivity index (χ0n) is 14.5. The number of rotatable bonds is 8. The molecule has 0 saturated carbocycles. The number of hydrogen-bond acceptors (Lipinski definition) is 4. The zero-order valence-corrected chi connectivity index (χ0v) is 15.3. The number of thiophene rings is 1. The Labute approximate surface area is 156 Å². The SMILES string of the molecule is CCc1ccccc1NC(=O)CNC(=O)CC(NC(N)=O)c1cccs1. The molecule has 0 fully saturated rings. The average Bonchev–Trinajstić information content (AvgIpc) is 3.14. The molecule has 138 valence electrons. The fraction of sp³-hybridized carbons (Fsp3) is 0.278. The van der Waals surface area contributed by atoms with Gasteiger partial charge in [-0.1, -0.05) is 31.2 Å². The normalized spacial score (nSPS) is 11.4. The molecule has 0 aliphatic heterocycles. The Bertz CT molecular complexity index is 762. The summed E-state index contributed by atoms with van der Waals surface area (Å²) in [5.41, 5.74) is 6.93. The fourth-order valence-electron chi connectivity index (χ4n) is 2.47. The number of carbonyl (C=O) groups excluding carboxylic acids is 3. The van der Waals surface area contributed by atoms with Gasteiger partial charge >= 0.3 is 6.03 Å². The molecule has 1 aromatic carbocycles. The molecule has 0 aliphatic carbocycles. The third-order valence-electron chi connectivity index (χ3n) is 3.71. The van der Waals surface area contributed by atoms with Crippen LogP contribution in [-0.2, 0) is 16.0 Å². The maximum atomic E-state index is 12.1. The number of anilines is 1. The van der Waals surface area contributed by atoms with Gasteiger partial charge < -0.3 is 21.7 Å². The highest BCUT2D eigenvalue weighted by atomic mass is 32.1. The fourth-order valence-corrected chi connectivity index (χ4v) is 3.24. The molecule has 0 spiro atoms. The molecule has 2 aromatic rings. The summed E-state index contributed by atoms with van der Waals surface area (Å²) < 4.78 is 0. The molecule has 1 unspecified atom stereocenters. The molecule has 0 radical (unpaired) electrons. The first-order valence-corrected chi connectivity index (χ1v) is 9.11. The monoisotopic (exact) mass is 374 g/mol. The molecular formula is C18H22N4O3S. The first-order valence-electron chi connectivity index (χ1n) is 8.23. The molecule has 8 heteroatoms. The van der Waals surface area contributed by atoms with Crippen LogP contribution in [0.5, 0.6) is 0 Å². The van der Waals surface area contributed by atoms with Crippen molar-refractivity contribution in [1.82, 2.24) is 10.6 Å². The number of hydrogen-bond donors (Lipinski definition) is 4. The van der Waals surface area contributed by atoms with Gasteiger partial charge in [0.2, 0.25) is 11.8 Å². The second kappa shape index (κ2) is 9.57. The van der Waals surface area contributed by atoms with Crippen molar-refractivity contribution in [1.29, 1.82) is 0 Å². The van der Waals surface area contributed by atoms with E-state index >= 15 is 0 Å². The zero-order chi connectivity index (χ0) is 18.9. The van der Waals surface area contributed by atoms with Gasteiger partial charge in [-0.3, -0.25) is 9.59 Å². The summed E-state index contributed by atoms with van der Waals surface area (Å²) in [6.45, 7) is 1.85. The van der Waals surface area contributed by atoms with E-state index in [9.17, 15) is 14.4 Å². The summed E-state index contributed by atoms with van der Waals surface area (Å²) >= 11 is 1.42. The lowest BCUT2D eigenvalue weighted by molar-refractivity contribution is -0.124. The van der Waals surface area contributed by atoms with E-state index in [1.165, 1.54) is 11.3 Å². The summed E-state index contributed by atoms with van der Waals surface area (Å²) in [7, 11) is 0. The number of benzene rings is 1. The Balaban J connectivity index is 1.86. The Morgan fingerprint density at radius 2 is 1.88 bits per heavy atom. The summed E-state index contributed by atoms with van der Waals surface area (Å²) in [5.74, 6) is -0.661. The topological polar surface area (TPSA) is 113 Å². The van der Waals surface area contributed by atoms with E-state index in [2.05, 4.69) is 16.0 Å². The average molecular weight is 374 g/mol. The highest BCUT2D eigenvalue weighted by molar-refractivity contribution is 7.10. The molecule has 2 rings (SSSR count). The molecule has 1 aromatic heterocycles. The third kappa shape index (κ3) is 5.89. The number of primary amides is 1. The van der Waals surface area contributed by atoms with Gasteiger partial charge in [0, 0.05) is 10.6 Å². The minimum Gasteiger partial charge on any atom is -0.352 e. The number of urea groups is 1. The van der Waals surface area contributed by atoms with Gasteiger partial charge in [0.25, 0.3) is 0 Å². The van der Waals surface area contributed by atoms with Crippen molar-refractivity contribution < 1.29 is 14.4 Å². The van der Waals surface area contributed by atoms with Crippen molar-refractivity contribution in [3.8, 4) is 0 Å². The van der Waals surface area contributed by atoms with E-state index in [1.54, 1.807) is 0 Å². The van der Waals surface area contributed by atoms with E-state index in [4.69, 9.17) is 5.73 Å². The Morgan fingerprint density at radius 3 is 2.54 bits per heavy atom. The minimum absolute atomic E-state index is 0.00226. The van der Waals surface area contributed by atoms with Crippen LogP contribution in [0.2, 0.25) is 0 Å². The summed E-state index contributed by atoms with van der Waals surface area (Å²) in [6, 6.07) is 9.93. The van der Waals surface area contributed by atoms with Gasteiger partial charge in [0.15, 0.2) is 0 Å². The van der Waals surface area contributed by atoms with Crippen molar-refractivity contribution in [3.63, 3.8) is 0 Å². The van der Waals surface area contributed by atoms with E-state index in [1.807, 2.05) is 48.7 Å². The van der Waals surface area contributed by atoms with Crippen molar-refractivity contribution in [2.24, 2.45) is 5.73 Å². The van der Waals surface area contributed by atoms with Gasteiger partial charge in [0.1, 0.15) is 0 Å². The van der Waals surface area contributed by atoms with Crippen molar-refractivity contribution in [3.05, 3.63) is 52.2 Å². The van der Waals surface area contributed by atoms with Crippen molar-refractivity contribution >= 4 is 34.9 Å². The van der Waals surface area contributed by atoms with Crippen molar-refractivity contribution in [2.45, 2.75) is 25.8 Å². The molecule has 7 nitrogen and oxygen atoms in total. The number of aryl methyl sites for hydroxylation is 1. The summed E-state index contributed by atoms with van der Waals surface area (Å²) in [5, 5.41) is 9.75. The van der Waals surface area contributed by atoms with E-state index in [0.717, 1.165) is 22.5 Å². The van der Waals surface area contributed by atoms with Gasteiger partial charge in [-0.05, 0) is 29.5 Å². The summed E-state index contributed by atoms with van der Waals surface area (Å²) in [6.07, 6.45) is 0.798. The molecule has 0 bridgehead atoms. The quantitative estimate of drug-likeness (QED) is 0.568. The second-order valence-electron chi connectivity index (χ2n) is 5.62. The number of nitrogens with two attached hydrogens (primary N) is 1. The smallest absolute Gasteiger partial charge is 0.312 e. The van der Waals surface area contributed by atoms with Crippen LogP contribution in [0.1, 0.15) is 29.8 Å². The molecule has 26 heavy (non-hydrogen) atoms. The van der Waals surface area contributed by atoms with E-state index in [-0.39, 0.29) is 24.8 Å². The molecule has 1 atom stereocenters. The molecule has 0 aliphatic rings. The van der Waals surface area contributed by atoms with Crippen LogP contribution in [0.4, 0.5) is 10.5 Å². The first-order chi connectivity index (χ1) is 12.5. The van der Waals surface area contributed by atoms with Crippen LogP contribution >= 0.6 is 11.3 Å². The lowest BCUT2D eigenvalue weighted by Gasteiger charge is -2.16. The van der Waals surface area contributed by atoms with Crippen LogP contribution in [0.15, 0.2) is 41.8 Å². The standard InChI is InChI=1S/C18H22N4O3S/c1-2-12-6-3-4-7-13(12)21-17(24)11-20-16(23)10-14(22-18(19)25)15-8-5-9-26-15/h3-9,14H,2,10-11H2,1H3,(H,20,23)(H,21,24)(H3,19,22,25). The number of nitrogens with one attached hydrogen (secondary N) is 3. The summed E-state index contributed by atoms with van der Waals surface area (Å²) in [4.78, 5) is 36.2. The maximum Gasteiger partial charge on any atom is 0.312 e. The molecule has 0 saturated heterocycles. The number of amides is 4. The lowest BCUT2D eigenvalue weighted by Crippen LogP contribution is -2.38. The largest absolute Gasteiger partial charge is 0.352 e. The predicted octanol–water partition coefficient (Wildman–Crippen LogP) is 2.16. The third-order valence-corrected chi connectivity index (χ3v) is 4.70. The van der Waals surface area contributed by atoms with E-state index < -0.39 is 12.1 Å². The molecule has 5 N–H and O–H groups in total. The second-order valence-corrected chi connectivity index (χ2v) is 6.60. The Morgan fingerprint density at radius 1 is 1.12 bits per heavy atom. The minimum atomic E-state index is -0.704. The highest BCUT2D eigenvalue weighted by Crippen LogP contribution is 2.21. The number of carbonyl (C=O) groups is 3. The number of para-hydroxylation sites is 1. The Kier molecular flexibility index (Phi) is 7.16. The van der Waals surface area contributed by atoms with Gasteiger partial charge in [-0.15, -0.1) is 11.3 Å². The highest BCUT2D eigenvalue weighted by Gasteiger charge is 2.18. The lowest BCUT2D eigenvalue weighted by atomic mass is 10.1. The predicted molar refractivity (Wildman–Crippen MR) is 102 cm³/mol. The van der Waals surface area contributed by atoms with Crippen LogP contribution in [0.25, 0.3) is 0 Å².